The van der Waals surface area contributed by atoms with Crippen molar-refractivity contribution in [3.05, 3.63) is 35.4 Å². The highest BCUT2D eigenvalue weighted by Gasteiger charge is 2.31. The summed E-state index contributed by atoms with van der Waals surface area (Å²) < 4.78 is 0. The molecule has 18 heavy (non-hydrogen) atoms. The first-order valence-electron chi connectivity index (χ1n) is 7.07. The lowest BCUT2D eigenvalue weighted by molar-refractivity contribution is 0.143. The summed E-state index contributed by atoms with van der Waals surface area (Å²) in [6.45, 7) is 4.57. The standard InChI is InChI=1S/C16H26N2/c1-14-5-7-15(8-6-14)9-11-16(17-2)10-4-12-18(3)13-16/h5-8,17H,4,9-13H2,1-3H3. The third-order valence-corrected chi connectivity index (χ3v) is 4.31. The summed E-state index contributed by atoms with van der Waals surface area (Å²) in [6.07, 6.45) is 5.02. The topological polar surface area (TPSA) is 15.3 Å². The Hall–Kier alpha value is -0.860. The van der Waals surface area contributed by atoms with Crippen molar-refractivity contribution in [2.45, 2.75) is 38.1 Å². The van der Waals surface area contributed by atoms with E-state index in [1.807, 2.05) is 0 Å². The van der Waals surface area contributed by atoms with Crippen LogP contribution in [0.4, 0.5) is 0 Å². The summed E-state index contributed by atoms with van der Waals surface area (Å²) in [5.41, 5.74) is 3.13. The molecule has 2 nitrogen and oxygen atoms in total. The summed E-state index contributed by atoms with van der Waals surface area (Å²) in [4.78, 5) is 2.45. The van der Waals surface area contributed by atoms with Gasteiger partial charge in [0.2, 0.25) is 0 Å². The Bertz CT molecular complexity index is 371. The van der Waals surface area contributed by atoms with Gasteiger partial charge in [-0.2, -0.15) is 0 Å². The van der Waals surface area contributed by atoms with Crippen LogP contribution in [-0.2, 0) is 6.42 Å². The van der Waals surface area contributed by atoms with E-state index in [-0.39, 0.29) is 0 Å². The van der Waals surface area contributed by atoms with Crippen LogP contribution in [0.3, 0.4) is 0 Å². The SMILES string of the molecule is CNC1(CCc2ccc(C)cc2)CCCN(C)C1. The van der Waals surface area contributed by atoms with Gasteiger partial charge in [0.05, 0.1) is 0 Å². The molecule has 0 aliphatic carbocycles. The van der Waals surface area contributed by atoms with Crippen LogP contribution in [0.1, 0.15) is 30.4 Å². The van der Waals surface area contributed by atoms with Gasteiger partial charge < -0.3 is 10.2 Å². The number of nitrogens with zero attached hydrogens (tertiary/aromatic N) is 1. The van der Waals surface area contributed by atoms with Crippen molar-refractivity contribution in [3.63, 3.8) is 0 Å². The Kier molecular flexibility index (Phi) is 4.41. The van der Waals surface area contributed by atoms with E-state index >= 15 is 0 Å². The Morgan fingerprint density at radius 1 is 1.28 bits per heavy atom. The van der Waals surface area contributed by atoms with E-state index in [1.54, 1.807) is 0 Å². The van der Waals surface area contributed by atoms with E-state index in [4.69, 9.17) is 0 Å². The summed E-state index contributed by atoms with van der Waals surface area (Å²) in [5, 5.41) is 3.59. The molecule has 1 heterocycles. The van der Waals surface area contributed by atoms with Crippen molar-refractivity contribution < 1.29 is 0 Å². The first-order valence-corrected chi connectivity index (χ1v) is 7.07. The van der Waals surface area contributed by atoms with Gasteiger partial charge in [-0.3, -0.25) is 0 Å². The third-order valence-electron chi connectivity index (χ3n) is 4.31. The smallest absolute Gasteiger partial charge is 0.0309 e. The van der Waals surface area contributed by atoms with Gasteiger partial charge in [-0.15, -0.1) is 0 Å². The number of likely N-dealkylation sites (tertiary alicyclic amines) is 1. The zero-order valence-electron chi connectivity index (χ0n) is 12.0. The molecule has 1 fully saturated rings. The zero-order valence-corrected chi connectivity index (χ0v) is 12.0. The molecule has 1 aliphatic rings. The summed E-state index contributed by atoms with van der Waals surface area (Å²) >= 11 is 0. The van der Waals surface area contributed by atoms with Crippen LogP contribution in [0.25, 0.3) is 0 Å². The van der Waals surface area contributed by atoms with Crippen LogP contribution < -0.4 is 5.32 Å². The van der Waals surface area contributed by atoms with Crippen molar-refractivity contribution in [1.29, 1.82) is 0 Å². The summed E-state index contributed by atoms with van der Waals surface area (Å²) in [7, 11) is 4.35. The molecular formula is C16H26N2. The van der Waals surface area contributed by atoms with Gasteiger partial charge in [-0.05, 0) is 58.8 Å². The maximum Gasteiger partial charge on any atom is 0.0309 e. The first-order chi connectivity index (χ1) is 8.63. The monoisotopic (exact) mass is 246 g/mol. The quantitative estimate of drug-likeness (QED) is 0.878. The number of nitrogens with one attached hydrogen (secondary N) is 1. The van der Waals surface area contributed by atoms with Crippen LogP contribution in [0.15, 0.2) is 24.3 Å². The lowest BCUT2D eigenvalue weighted by Crippen LogP contribution is -2.55. The Labute approximate surface area is 111 Å². The van der Waals surface area contributed by atoms with Gasteiger partial charge in [-0.1, -0.05) is 29.8 Å². The Balaban J connectivity index is 1.96. The van der Waals surface area contributed by atoms with Crippen LogP contribution in [0.5, 0.6) is 0 Å². The second kappa shape index (κ2) is 5.85. The minimum absolute atomic E-state index is 0.317. The fourth-order valence-corrected chi connectivity index (χ4v) is 3.03. The molecule has 1 aliphatic heterocycles. The molecule has 1 unspecified atom stereocenters. The number of hydrogen-bond acceptors (Lipinski definition) is 2. The van der Waals surface area contributed by atoms with Crippen molar-refractivity contribution >= 4 is 0 Å². The van der Waals surface area contributed by atoms with E-state index in [1.165, 1.54) is 49.9 Å². The number of aryl methyl sites for hydroxylation is 2. The highest BCUT2D eigenvalue weighted by molar-refractivity contribution is 5.21. The van der Waals surface area contributed by atoms with Crippen LogP contribution in [-0.4, -0.2) is 37.6 Å². The predicted octanol–water partition coefficient (Wildman–Crippen LogP) is 2.61. The molecular weight excluding hydrogens is 220 g/mol. The van der Waals surface area contributed by atoms with Gasteiger partial charge in [0, 0.05) is 12.1 Å². The molecule has 0 amide bonds. The minimum Gasteiger partial charge on any atom is -0.313 e. The van der Waals surface area contributed by atoms with E-state index < -0.39 is 0 Å². The van der Waals surface area contributed by atoms with Crippen molar-refractivity contribution in [2.24, 2.45) is 0 Å². The molecule has 0 saturated carbocycles. The normalized spacial score (nSPS) is 25.3. The molecule has 0 spiro atoms. The Morgan fingerprint density at radius 2 is 2.00 bits per heavy atom. The van der Waals surface area contributed by atoms with E-state index in [2.05, 4.69) is 55.5 Å². The summed E-state index contributed by atoms with van der Waals surface area (Å²) in [6, 6.07) is 8.97. The predicted molar refractivity (Wildman–Crippen MR) is 78.0 cm³/mol. The molecule has 2 rings (SSSR count). The maximum atomic E-state index is 3.59. The molecule has 100 valence electrons. The molecule has 2 heteroatoms. The molecule has 0 radical (unpaired) electrons. The lowest BCUT2D eigenvalue weighted by atomic mass is 9.84. The van der Waals surface area contributed by atoms with E-state index in [0.29, 0.717) is 5.54 Å². The first kappa shape index (κ1) is 13.6. The van der Waals surface area contributed by atoms with Crippen molar-refractivity contribution in [3.8, 4) is 0 Å². The van der Waals surface area contributed by atoms with Gasteiger partial charge in [0.15, 0.2) is 0 Å². The lowest BCUT2D eigenvalue weighted by Gasteiger charge is -2.41. The second-order valence-electron chi connectivity index (χ2n) is 5.86. The van der Waals surface area contributed by atoms with Crippen LogP contribution in [0.2, 0.25) is 0 Å². The second-order valence-corrected chi connectivity index (χ2v) is 5.86. The molecule has 0 aromatic heterocycles. The van der Waals surface area contributed by atoms with E-state index in [0.717, 1.165) is 0 Å². The molecule has 1 aromatic rings. The summed E-state index contributed by atoms with van der Waals surface area (Å²) in [5.74, 6) is 0. The number of benzene rings is 1. The molecule has 1 aromatic carbocycles. The largest absolute Gasteiger partial charge is 0.313 e. The highest BCUT2D eigenvalue weighted by Crippen LogP contribution is 2.25. The number of rotatable bonds is 4. The maximum absolute atomic E-state index is 3.59. The third kappa shape index (κ3) is 3.33. The highest BCUT2D eigenvalue weighted by atomic mass is 15.2. The average Bonchev–Trinajstić information content (AvgIpc) is 2.38. The van der Waals surface area contributed by atoms with Gasteiger partial charge in [0.25, 0.3) is 0 Å². The van der Waals surface area contributed by atoms with Gasteiger partial charge in [0.1, 0.15) is 0 Å². The van der Waals surface area contributed by atoms with Crippen LogP contribution >= 0.6 is 0 Å². The van der Waals surface area contributed by atoms with Gasteiger partial charge in [-0.25, -0.2) is 0 Å². The fourth-order valence-electron chi connectivity index (χ4n) is 3.03. The fraction of sp³-hybridized carbons (Fsp3) is 0.625. The van der Waals surface area contributed by atoms with Crippen molar-refractivity contribution in [1.82, 2.24) is 10.2 Å². The molecule has 1 N–H and O–H groups in total. The zero-order chi connectivity index (χ0) is 13.0. The van der Waals surface area contributed by atoms with E-state index in [9.17, 15) is 0 Å². The minimum atomic E-state index is 0.317. The molecule has 1 atom stereocenters. The average molecular weight is 246 g/mol. The van der Waals surface area contributed by atoms with Gasteiger partial charge >= 0.3 is 0 Å². The molecule has 1 saturated heterocycles. The Morgan fingerprint density at radius 3 is 2.61 bits per heavy atom. The molecule has 0 bridgehead atoms. The van der Waals surface area contributed by atoms with Crippen LogP contribution in [0, 0.1) is 6.92 Å². The van der Waals surface area contributed by atoms with Crippen molar-refractivity contribution in [2.75, 3.05) is 27.2 Å². The number of hydrogen-bond donors (Lipinski definition) is 1. The number of likely N-dealkylation sites (N-methyl/N-ethyl adjacent to an activating group) is 2. The number of piperidine rings is 1.